The summed E-state index contributed by atoms with van der Waals surface area (Å²) in [5, 5.41) is 9.66. The minimum atomic E-state index is -0.970. The molecule has 8 bridgehead atoms. The van der Waals surface area contributed by atoms with Gasteiger partial charge in [0.05, 0.1) is 97.9 Å². The lowest BCUT2D eigenvalue weighted by Crippen LogP contribution is -2.12. The number of aromatic carboxylic acids is 1. The summed E-state index contributed by atoms with van der Waals surface area (Å²) >= 11 is 1.52. The number of hydrogen-bond donors (Lipinski definition) is 3. The molecule has 2 aliphatic heterocycles. The van der Waals surface area contributed by atoms with Crippen molar-refractivity contribution in [3.63, 3.8) is 0 Å². The zero-order valence-electron chi connectivity index (χ0n) is 81.1. The summed E-state index contributed by atoms with van der Waals surface area (Å²) in [6, 6.07) is 51.0. The largest absolute Gasteiger partial charge is 0.493 e. The van der Waals surface area contributed by atoms with Gasteiger partial charge in [0.25, 0.3) is 0 Å². The number of nitrogens with zero attached hydrogens (tertiary/aromatic N) is 3. The van der Waals surface area contributed by atoms with Crippen molar-refractivity contribution in [1.82, 2.24) is 19.9 Å². The Morgan fingerprint density at radius 1 is 0.313 bits per heavy atom. The van der Waals surface area contributed by atoms with Gasteiger partial charge in [-0.15, -0.1) is 11.3 Å². The lowest BCUT2D eigenvalue weighted by Gasteiger charge is -2.27. The van der Waals surface area contributed by atoms with Gasteiger partial charge in [0.1, 0.15) is 23.0 Å². The van der Waals surface area contributed by atoms with E-state index >= 15 is 0 Å². The topological polar surface area (TPSA) is 135 Å². The Morgan fingerprint density at radius 2 is 0.626 bits per heavy atom. The summed E-state index contributed by atoms with van der Waals surface area (Å²) in [6.45, 7) is 16.0. The van der Waals surface area contributed by atoms with Gasteiger partial charge < -0.3 is 38.9 Å². The smallest absolute Gasteiger partial charge is 0.335 e. The highest BCUT2D eigenvalue weighted by Crippen LogP contribution is 2.48. The third kappa shape index (κ3) is 33.6. The predicted molar refractivity (Wildman–Crippen MR) is 559 cm³/mol. The molecule has 0 aliphatic carbocycles. The van der Waals surface area contributed by atoms with Gasteiger partial charge in [0.2, 0.25) is 0 Å². The van der Waals surface area contributed by atoms with Crippen LogP contribution < -0.4 is 23.8 Å². The van der Waals surface area contributed by atoms with Crippen LogP contribution in [0.25, 0.3) is 68.6 Å². The maximum atomic E-state index is 11.8. The van der Waals surface area contributed by atoms with Crippen molar-refractivity contribution in [2.45, 2.75) is 363 Å². The number of carbonyl (C=O) groups is 1. The fraction of sp³-hybridized carbons (Fsp3) is 0.504. The van der Waals surface area contributed by atoms with E-state index in [2.05, 4.69) is 214 Å². The number of aryl methyl sites for hydroxylation is 2. The van der Waals surface area contributed by atoms with Crippen molar-refractivity contribution >= 4 is 80.7 Å². The summed E-state index contributed by atoms with van der Waals surface area (Å²) in [5.74, 6) is 16.0. The van der Waals surface area contributed by atoms with E-state index in [1.807, 2.05) is 12.1 Å². The second kappa shape index (κ2) is 59.5. The number of carboxylic acid groups (broad SMARTS) is 1. The normalized spacial score (nSPS) is 11.6. The maximum Gasteiger partial charge on any atom is 0.335 e. The fourth-order valence-corrected chi connectivity index (χ4v) is 18.8. The second-order valence-corrected chi connectivity index (χ2v) is 37.8. The first-order valence-corrected chi connectivity index (χ1v) is 52.9. The molecule has 0 radical (unpaired) electrons. The van der Waals surface area contributed by atoms with Crippen LogP contribution in [0.2, 0.25) is 0 Å². The molecule has 3 N–H and O–H groups in total. The van der Waals surface area contributed by atoms with Crippen molar-refractivity contribution in [2.24, 2.45) is 0 Å². The Labute approximate surface area is 793 Å². The van der Waals surface area contributed by atoms with Gasteiger partial charge in [0, 0.05) is 39.1 Å². The molecule has 0 unspecified atom stereocenters. The number of nitrogens with one attached hydrogen (secondary N) is 2. The van der Waals surface area contributed by atoms with Crippen molar-refractivity contribution < 1.29 is 28.8 Å². The Hall–Kier alpha value is -10.0. The third-order valence-electron chi connectivity index (χ3n) is 25.9. The van der Waals surface area contributed by atoms with Gasteiger partial charge in [-0.3, -0.25) is 0 Å². The van der Waals surface area contributed by atoms with E-state index in [-0.39, 0.29) is 5.56 Å². The number of H-pyrrole nitrogens is 2. The molecular weight excluding hydrogens is 1630 g/mol. The fourth-order valence-electron chi connectivity index (χ4n) is 18.1. The van der Waals surface area contributed by atoms with Crippen molar-refractivity contribution in [1.29, 1.82) is 0 Å². The molecule has 11 nitrogen and oxygen atoms in total. The van der Waals surface area contributed by atoms with E-state index in [1.54, 1.807) is 24.3 Å². The lowest BCUT2D eigenvalue weighted by molar-refractivity contribution is 0.0696. The number of aromatic amines is 2. The Balaban J connectivity index is 1.15. The predicted octanol–water partition coefficient (Wildman–Crippen LogP) is 35.5. The molecule has 0 spiro atoms. The Bertz CT molecular complexity index is 4970. The Kier molecular flexibility index (Phi) is 46.1. The van der Waals surface area contributed by atoms with Crippen LogP contribution in [0.4, 0.5) is 17.1 Å². The van der Waals surface area contributed by atoms with Crippen LogP contribution in [0.1, 0.15) is 415 Å². The first-order chi connectivity index (χ1) is 64.7. The molecule has 131 heavy (non-hydrogen) atoms. The summed E-state index contributed by atoms with van der Waals surface area (Å²) in [7, 11) is 0. The highest BCUT2D eigenvalue weighted by atomic mass is 32.1. The number of aromatic nitrogens is 4. The minimum Gasteiger partial charge on any atom is -0.493 e. The minimum absolute atomic E-state index is 0.221. The molecule has 12 heteroatoms. The van der Waals surface area contributed by atoms with Gasteiger partial charge in [-0.25, -0.2) is 14.8 Å². The summed E-state index contributed by atoms with van der Waals surface area (Å²) < 4.78 is 29.0. The quantitative estimate of drug-likeness (QED) is 0.0252. The van der Waals surface area contributed by atoms with E-state index in [4.69, 9.17) is 28.9 Å². The molecule has 0 amide bonds. The molecule has 2 aliphatic rings. The molecule has 0 fully saturated rings. The number of ether oxygens (including phenoxy) is 4. The van der Waals surface area contributed by atoms with E-state index in [0.29, 0.717) is 37.7 Å². The van der Waals surface area contributed by atoms with Crippen LogP contribution in [0.15, 0.2) is 146 Å². The first-order valence-electron chi connectivity index (χ1n) is 52.1. The van der Waals surface area contributed by atoms with E-state index in [9.17, 15) is 9.90 Å². The molecule has 700 valence electrons. The number of benzene rings is 5. The molecule has 5 aromatic carbocycles. The molecule has 6 heterocycles. The molecule has 0 atom stereocenters. The summed E-state index contributed by atoms with van der Waals surface area (Å²) in [5.41, 5.74) is 16.9. The number of carboxylic acids is 1. The van der Waals surface area contributed by atoms with Crippen LogP contribution >= 0.6 is 11.3 Å². The molecule has 4 aromatic heterocycles. The van der Waals surface area contributed by atoms with Crippen LogP contribution in [0, 0.1) is 23.7 Å². The summed E-state index contributed by atoms with van der Waals surface area (Å²) in [6.07, 6.45) is 69.5. The zero-order chi connectivity index (χ0) is 91.3. The number of unbranched alkanes of at least 4 members (excludes halogenated alkanes) is 42. The molecule has 9 aromatic rings. The molecule has 11 rings (SSSR count). The average molecular weight is 1790 g/mol. The van der Waals surface area contributed by atoms with Crippen molar-refractivity contribution in [2.75, 3.05) is 31.3 Å². The van der Waals surface area contributed by atoms with Gasteiger partial charge in [0.15, 0.2) is 0 Å². The third-order valence-corrected chi connectivity index (χ3v) is 26.8. The van der Waals surface area contributed by atoms with Crippen LogP contribution in [0.5, 0.6) is 23.0 Å². The molecular formula is C119H157N5O6S. The first kappa shape index (κ1) is 102. The SMILES string of the molecule is CCCCCCCCCCCCOc1cccc(OCCCCCCCCCCCC)c1-c1c2nc(c(N(c3ccc(CCCCCC)cc3)c3ccc(CCCCCC)cc3)c3ccc([nH]3)c(-c3c(OCCCCCCCCCCCC)cccc3OCCCCCCCCCCCC)c3nc(c(C#Cc4ccc(C#Cc5ccc(C(=O)O)cc5)s4)c4ccc1[nH]4)C=C3)C=C2. The average Bonchev–Trinajstić information content (AvgIpc) is 1.62. The van der Waals surface area contributed by atoms with E-state index in [1.165, 1.54) is 266 Å². The number of anilines is 3. The van der Waals surface area contributed by atoms with Gasteiger partial charge in [-0.2, -0.15) is 0 Å². The number of hydrogen-bond acceptors (Lipinski definition) is 9. The van der Waals surface area contributed by atoms with E-state index in [0.717, 1.165) is 194 Å². The van der Waals surface area contributed by atoms with Gasteiger partial charge in [-0.1, -0.05) is 371 Å². The van der Waals surface area contributed by atoms with Crippen LogP contribution in [0.3, 0.4) is 0 Å². The van der Waals surface area contributed by atoms with Gasteiger partial charge >= 0.3 is 5.97 Å². The van der Waals surface area contributed by atoms with Crippen LogP contribution in [-0.2, 0) is 12.8 Å². The standard InChI is InChI=1S/C119H157N5O6S/c1-7-13-19-25-29-33-37-41-45-51-89-127-110-59-55-60-111(128-90-52-46-42-38-34-30-26-20-14-8-2)116(110)114-104-83-81-102(120-104)101(80-79-100-78-77-99(131-100)76-69-95-63-70-96(71-64-95)119(125)126)103-82-84-105(121-103)115(117-112(129-91-53-47-43-39-35-31-27-21-15-9-3)61-56-62-113(117)130-92-54-48-44-40-36-32-28-22-16-10-4)107-86-88-109(123-107)118(108-87-85-106(114)122-108)124(97-72-65-93(66-73-97)57-49-23-17-11-5)98-74-67-94(68-75-98)58-50-24-18-12-6/h55-56,59-68,70-75,77-78,81-88,120,123H,7-54,57-58,89-92H2,1-6H3,(H,125,126). The highest BCUT2D eigenvalue weighted by molar-refractivity contribution is 7.13. The molecule has 0 saturated carbocycles. The van der Waals surface area contributed by atoms with Gasteiger partial charge in [-0.05, 0) is 196 Å². The number of thiophene rings is 1. The summed E-state index contributed by atoms with van der Waals surface area (Å²) in [4.78, 5) is 36.2. The van der Waals surface area contributed by atoms with E-state index < -0.39 is 5.97 Å². The number of fused-ring (bicyclic) bond motifs is 8. The molecule has 0 saturated heterocycles. The zero-order valence-corrected chi connectivity index (χ0v) is 81.9. The highest BCUT2D eigenvalue weighted by Gasteiger charge is 2.28. The van der Waals surface area contributed by atoms with Crippen molar-refractivity contribution in [3.8, 4) is 68.9 Å². The second-order valence-electron chi connectivity index (χ2n) is 36.7. The van der Waals surface area contributed by atoms with Crippen molar-refractivity contribution in [3.05, 3.63) is 206 Å². The maximum absolute atomic E-state index is 11.8. The number of rotatable bonds is 64. The van der Waals surface area contributed by atoms with Crippen LogP contribution in [-0.4, -0.2) is 57.4 Å². The Morgan fingerprint density at radius 3 is 1.00 bits per heavy atom. The lowest BCUT2D eigenvalue weighted by atomic mass is 10.0. The monoisotopic (exact) mass is 1780 g/mol.